The van der Waals surface area contributed by atoms with E-state index in [4.69, 9.17) is 19.1 Å². The summed E-state index contributed by atoms with van der Waals surface area (Å²) in [5.74, 6) is -0.925. The fourth-order valence-corrected chi connectivity index (χ4v) is 6.31. The number of hydrogen-bond donors (Lipinski definition) is 3. The Morgan fingerprint density at radius 2 is 0.980 bits per heavy atom. The van der Waals surface area contributed by atoms with Crippen LogP contribution in [0.1, 0.15) is 187 Å². The Bertz CT molecular complexity index is 853. The number of esters is 2. The van der Waals surface area contributed by atoms with E-state index < -0.39 is 51.8 Å². The van der Waals surface area contributed by atoms with Crippen LogP contribution in [0.2, 0.25) is 0 Å². The maximum absolute atomic E-state index is 12.6. The molecule has 3 atom stereocenters. The fraction of sp³-hybridized carbons (Fsp3) is 0.897. The number of phosphoric ester groups is 1. The molecule has 0 spiro atoms. The Morgan fingerprint density at radius 1 is 0.580 bits per heavy atom. The van der Waals surface area contributed by atoms with Crippen molar-refractivity contribution in [3.63, 3.8) is 0 Å². The van der Waals surface area contributed by atoms with Crippen molar-refractivity contribution in [1.29, 1.82) is 0 Å². The number of allylic oxidation sites excluding steroid dienone is 2. The number of aliphatic hydroxyl groups excluding tert-OH is 2. The van der Waals surface area contributed by atoms with Crippen molar-refractivity contribution in [2.75, 3.05) is 26.4 Å². The molecule has 1 unspecified atom stereocenters. The van der Waals surface area contributed by atoms with Crippen LogP contribution in [0, 0.1) is 0 Å². The third kappa shape index (κ3) is 35.1. The summed E-state index contributed by atoms with van der Waals surface area (Å²) in [5, 5.41) is 18.3. The maximum atomic E-state index is 12.6. The van der Waals surface area contributed by atoms with Crippen molar-refractivity contribution in [2.24, 2.45) is 0 Å². The van der Waals surface area contributed by atoms with E-state index in [0.717, 1.165) is 44.9 Å². The Balaban J connectivity index is 4.30. The number of carbonyl (C=O) groups excluding carboxylic acids is 2. The van der Waals surface area contributed by atoms with Crippen LogP contribution in [0.4, 0.5) is 0 Å². The highest BCUT2D eigenvalue weighted by Gasteiger charge is 2.27. The summed E-state index contributed by atoms with van der Waals surface area (Å²) in [7, 11) is -4.61. The maximum Gasteiger partial charge on any atom is 0.472 e. The molecule has 0 amide bonds. The van der Waals surface area contributed by atoms with Crippen LogP contribution in [0.3, 0.4) is 0 Å². The van der Waals surface area contributed by atoms with E-state index in [2.05, 4.69) is 30.5 Å². The van der Waals surface area contributed by atoms with Crippen LogP contribution in [0.5, 0.6) is 0 Å². The molecule has 0 saturated heterocycles. The zero-order chi connectivity index (χ0) is 37.0. The summed E-state index contributed by atoms with van der Waals surface area (Å²) in [5.41, 5.74) is 0. The van der Waals surface area contributed by atoms with Gasteiger partial charge in [0, 0.05) is 12.8 Å². The van der Waals surface area contributed by atoms with Crippen LogP contribution >= 0.6 is 7.82 Å². The van der Waals surface area contributed by atoms with Gasteiger partial charge in [-0.1, -0.05) is 148 Å². The second-order valence-electron chi connectivity index (χ2n) is 13.7. The summed E-state index contributed by atoms with van der Waals surface area (Å²) >= 11 is 0. The molecule has 0 aromatic rings. The van der Waals surface area contributed by atoms with E-state index in [-0.39, 0.29) is 19.4 Å². The minimum atomic E-state index is -4.61. The summed E-state index contributed by atoms with van der Waals surface area (Å²) < 4.78 is 32.6. The molecule has 0 fully saturated rings. The third-order valence-electron chi connectivity index (χ3n) is 8.67. The first-order chi connectivity index (χ1) is 24.2. The number of hydrogen-bond acceptors (Lipinski definition) is 9. The lowest BCUT2D eigenvalue weighted by atomic mass is 10.1. The smallest absolute Gasteiger partial charge is 0.462 e. The summed E-state index contributed by atoms with van der Waals surface area (Å²) in [6.07, 6.45) is 31.8. The lowest BCUT2D eigenvalue weighted by Crippen LogP contribution is -2.29. The first kappa shape index (κ1) is 48.7. The standard InChI is InChI=1S/C39H75O10P/c1-3-5-7-9-11-13-15-16-17-18-19-20-21-23-25-27-29-31-39(43)49-37(35-48-50(44,45)47-33-36(41)32-40)34-46-38(42)30-28-26-24-22-14-12-10-8-6-4-2/h16-17,36-37,40-41H,3-15,18-35H2,1-2H3,(H,44,45)/b17-16+/t36-,37+/m0/s1. The number of aliphatic hydroxyl groups is 2. The second-order valence-corrected chi connectivity index (χ2v) is 15.1. The predicted octanol–water partition coefficient (Wildman–Crippen LogP) is 10.1. The van der Waals surface area contributed by atoms with Crippen LogP contribution in [-0.4, -0.2) is 65.7 Å². The Morgan fingerprint density at radius 3 is 1.44 bits per heavy atom. The topological polar surface area (TPSA) is 149 Å². The number of ether oxygens (including phenoxy) is 2. The first-order valence-electron chi connectivity index (χ1n) is 20.1. The van der Waals surface area contributed by atoms with Crippen molar-refractivity contribution in [2.45, 2.75) is 199 Å². The molecule has 0 aromatic heterocycles. The molecule has 0 aliphatic rings. The number of phosphoric acid groups is 1. The quantitative estimate of drug-likeness (QED) is 0.0242. The van der Waals surface area contributed by atoms with Gasteiger partial charge in [-0.15, -0.1) is 0 Å². The molecule has 11 heteroatoms. The van der Waals surface area contributed by atoms with Gasteiger partial charge in [-0.25, -0.2) is 4.57 Å². The van der Waals surface area contributed by atoms with Crippen LogP contribution < -0.4 is 0 Å². The van der Waals surface area contributed by atoms with Gasteiger partial charge in [0.15, 0.2) is 6.10 Å². The molecule has 0 rings (SSSR count). The van der Waals surface area contributed by atoms with Crippen molar-refractivity contribution in [1.82, 2.24) is 0 Å². The molecule has 0 radical (unpaired) electrons. The summed E-state index contributed by atoms with van der Waals surface area (Å²) in [4.78, 5) is 34.8. The summed E-state index contributed by atoms with van der Waals surface area (Å²) in [6, 6.07) is 0. The van der Waals surface area contributed by atoms with Gasteiger partial charge >= 0.3 is 19.8 Å². The molecule has 0 saturated carbocycles. The molecule has 50 heavy (non-hydrogen) atoms. The highest BCUT2D eigenvalue weighted by atomic mass is 31.2. The average Bonchev–Trinajstić information content (AvgIpc) is 3.10. The number of carbonyl (C=O) groups is 2. The average molecular weight is 735 g/mol. The van der Waals surface area contributed by atoms with Crippen molar-refractivity contribution >= 4 is 19.8 Å². The van der Waals surface area contributed by atoms with Gasteiger partial charge in [0.2, 0.25) is 0 Å². The molecule has 0 aliphatic carbocycles. The lowest BCUT2D eigenvalue weighted by molar-refractivity contribution is -0.161. The van der Waals surface area contributed by atoms with E-state index >= 15 is 0 Å². The van der Waals surface area contributed by atoms with Crippen LogP contribution in [-0.2, 0) is 32.7 Å². The molecule has 0 aliphatic heterocycles. The first-order valence-corrected chi connectivity index (χ1v) is 21.6. The second kappa shape index (κ2) is 36.1. The fourth-order valence-electron chi connectivity index (χ4n) is 5.52. The lowest BCUT2D eigenvalue weighted by Gasteiger charge is -2.20. The van der Waals surface area contributed by atoms with E-state index in [1.54, 1.807) is 0 Å². The van der Waals surface area contributed by atoms with Gasteiger partial charge in [0.1, 0.15) is 12.7 Å². The largest absolute Gasteiger partial charge is 0.472 e. The monoisotopic (exact) mass is 735 g/mol. The van der Waals surface area contributed by atoms with Gasteiger partial charge in [-0.3, -0.25) is 18.6 Å². The van der Waals surface area contributed by atoms with Gasteiger partial charge in [-0.2, -0.15) is 0 Å². The van der Waals surface area contributed by atoms with Gasteiger partial charge in [-0.05, 0) is 38.5 Å². The normalized spacial score (nSPS) is 14.1. The minimum absolute atomic E-state index is 0.183. The minimum Gasteiger partial charge on any atom is -0.462 e. The Hall–Kier alpha value is -1.29. The summed E-state index contributed by atoms with van der Waals surface area (Å²) in [6.45, 7) is 2.36. The van der Waals surface area contributed by atoms with Gasteiger partial charge in [0.25, 0.3) is 0 Å². The molecular weight excluding hydrogens is 659 g/mol. The third-order valence-corrected chi connectivity index (χ3v) is 9.62. The molecule has 0 heterocycles. The molecule has 0 bridgehead atoms. The van der Waals surface area contributed by atoms with E-state index in [1.807, 2.05) is 0 Å². The van der Waals surface area contributed by atoms with Crippen molar-refractivity contribution in [3.8, 4) is 0 Å². The SMILES string of the molecule is CCCCCCCC/C=C/CCCCCCCCCC(=O)O[C@H](COC(=O)CCCCCCCCCCCC)COP(=O)(O)OC[C@@H](O)CO. The van der Waals surface area contributed by atoms with Gasteiger partial charge < -0.3 is 24.6 Å². The van der Waals surface area contributed by atoms with E-state index in [0.29, 0.717) is 12.8 Å². The number of rotatable bonds is 38. The molecule has 296 valence electrons. The molecule has 10 nitrogen and oxygen atoms in total. The molecule has 0 aromatic carbocycles. The Kier molecular flexibility index (Phi) is 35.2. The highest BCUT2D eigenvalue weighted by molar-refractivity contribution is 7.47. The van der Waals surface area contributed by atoms with E-state index in [9.17, 15) is 24.2 Å². The van der Waals surface area contributed by atoms with E-state index in [1.165, 1.54) is 103 Å². The predicted molar refractivity (Wildman–Crippen MR) is 201 cm³/mol. The van der Waals surface area contributed by atoms with Gasteiger partial charge in [0.05, 0.1) is 19.8 Å². The van der Waals surface area contributed by atoms with Crippen LogP contribution in [0.25, 0.3) is 0 Å². The number of unbranched alkanes of at least 4 members (excludes halogenated alkanes) is 22. The highest BCUT2D eigenvalue weighted by Crippen LogP contribution is 2.43. The van der Waals surface area contributed by atoms with Crippen molar-refractivity contribution < 1.29 is 47.8 Å². The zero-order valence-corrected chi connectivity index (χ0v) is 32.8. The molecular formula is C39H75O10P. The van der Waals surface area contributed by atoms with Crippen molar-refractivity contribution in [3.05, 3.63) is 12.2 Å². The Labute approximate surface area is 305 Å². The zero-order valence-electron chi connectivity index (χ0n) is 31.9. The van der Waals surface area contributed by atoms with Crippen LogP contribution in [0.15, 0.2) is 12.2 Å². The molecule has 3 N–H and O–H groups in total.